The van der Waals surface area contributed by atoms with Gasteiger partial charge in [0.05, 0.1) is 19.0 Å². The largest absolute Gasteiger partial charge is 0.494 e. The van der Waals surface area contributed by atoms with Gasteiger partial charge in [0.15, 0.2) is 5.76 Å². The Morgan fingerprint density at radius 1 is 1.40 bits per heavy atom. The quantitative estimate of drug-likeness (QED) is 0.744. The van der Waals surface area contributed by atoms with Crippen molar-refractivity contribution in [3.05, 3.63) is 35.0 Å². The number of methoxy groups -OCH3 is 1. The number of aryl methyl sites for hydroxylation is 2. The fourth-order valence-electron chi connectivity index (χ4n) is 3.02. The highest BCUT2D eigenvalue weighted by atomic mass is 16.5. The molecule has 0 radical (unpaired) electrons. The van der Waals surface area contributed by atoms with Gasteiger partial charge in [-0.25, -0.2) is 4.98 Å². The first-order chi connectivity index (χ1) is 12.1. The summed E-state index contributed by atoms with van der Waals surface area (Å²) in [6.07, 6.45) is 2.54. The Labute approximate surface area is 144 Å². The van der Waals surface area contributed by atoms with Gasteiger partial charge in [-0.15, -0.1) is 0 Å². The minimum absolute atomic E-state index is 0.128. The molecule has 25 heavy (non-hydrogen) atoms. The molecule has 1 aromatic carbocycles. The number of benzene rings is 1. The van der Waals surface area contributed by atoms with Gasteiger partial charge in [0.2, 0.25) is 5.91 Å². The summed E-state index contributed by atoms with van der Waals surface area (Å²) in [6.45, 7) is 3.57. The molecule has 2 aromatic heterocycles. The van der Waals surface area contributed by atoms with Crippen molar-refractivity contribution in [1.29, 1.82) is 0 Å². The third kappa shape index (κ3) is 2.86. The third-order valence-corrected chi connectivity index (χ3v) is 4.54. The van der Waals surface area contributed by atoms with E-state index in [2.05, 4.69) is 15.5 Å². The van der Waals surface area contributed by atoms with E-state index in [9.17, 15) is 4.79 Å². The number of aromatic amines is 1. The minimum atomic E-state index is -0.128. The van der Waals surface area contributed by atoms with Crippen molar-refractivity contribution in [1.82, 2.24) is 15.1 Å². The molecule has 130 valence electrons. The number of H-pyrrole nitrogens is 1. The zero-order valence-electron chi connectivity index (χ0n) is 14.5. The number of carbonyl (C=O) groups excluding carboxylic acids is 1. The average Bonchev–Trinajstić information content (AvgIpc) is 3.28. The van der Waals surface area contributed by atoms with Crippen molar-refractivity contribution in [3.63, 3.8) is 0 Å². The molecular formula is C18H20N4O3. The summed E-state index contributed by atoms with van der Waals surface area (Å²) >= 11 is 0. The van der Waals surface area contributed by atoms with Gasteiger partial charge in [-0.1, -0.05) is 11.2 Å². The lowest BCUT2D eigenvalue weighted by atomic mass is 10.1. The number of nitrogens with one attached hydrogen (secondary N) is 2. The number of imidazole rings is 1. The number of hydrogen-bond acceptors (Lipinski definition) is 5. The van der Waals surface area contributed by atoms with Crippen molar-refractivity contribution in [2.45, 2.75) is 39.0 Å². The molecule has 1 saturated carbocycles. The first kappa shape index (κ1) is 15.7. The highest BCUT2D eigenvalue weighted by Crippen LogP contribution is 2.40. The lowest BCUT2D eigenvalue weighted by Crippen LogP contribution is -2.15. The van der Waals surface area contributed by atoms with Gasteiger partial charge in [-0.05, 0) is 38.3 Å². The first-order valence-electron chi connectivity index (χ1n) is 8.35. The van der Waals surface area contributed by atoms with Crippen LogP contribution in [0.4, 0.5) is 5.69 Å². The van der Waals surface area contributed by atoms with E-state index < -0.39 is 0 Å². The lowest BCUT2D eigenvalue weighted by Gasteiger charge is -2.07. The second-order valence-corrected chi connectivity index (χ2v) is 6.47. The van der Waals surface area contributed by atoms with Gasteiger partial charge in [-0.2, -0.15) is 0 Å². The molecule has 1 fully saturated rings. The highest BCUT2D eigenvalue weighted by Gasteiger charge is 2.28. The summed E-state index contributed by atoms with van der Waals surface area (Å²) < 4.78 is 10.5. The van der Waals surface area contributed by atoms with Crippen molar-refractivity contribution in [2.24, 2.45) is 0 Å². The van der Waals surface area contributed by atoms with Crippen LogP contribution < -0.4 is 10.1 Å². The Hall–Kier alpha value is -2.83. The van der Waals surface area contributed by atoms with Crippen molar-refractivity contribution in [2.75, 3.05) is 12.4 Å². The van der Waals surface area contributed by atoms with Gasteiger partial charge < -0.3 is 19.6 Å². The Bertz CT molecular complexity index is 933. The van der Waals surface area contributed by atoms with Crippen LogP contribution >= 0.6 is 0 Å². The summed E-state index contributed by atoms with van der Waals surface area (Å²) in [6, 6.07) is 3.77. The number of fused-ring (bicyclic) bond motifs is 1. The van der Waals surface area contributed by atoms with Crippen LogP contribution in [0.15, 0.2) is 16.7 Å². The second-order valence-electron chi connectivity index (χ2n) is 6.47. The van der Waals surface area contributed by atoms with Crippen LogP contribution in [0.5, 0.6) is 5.75 Å². The molecule has 1 amide bonds. The predicted molar refractivity (Wildman–Crippen MR) is 92.9 cm³/mol. The molecule has 2 N–H and O–H groups in total. The first-order valence-corrected chi connectivity index (χ1v) is 8.35. The fourth-order valence-corrected chi connectivity index (χ4v) is 3.02. The number of hydrogen-bond donors (Lipinski definition) is 2. The number of amides is 1. The molecule has 2 heterocycles. The molecule has 7 heteroatoms. The average molecular weight is 340 g/mol. The normalized spacial score (nSPS) is 14.0. The molecule has 7 nitrogen and oxygen atoms in total. The summed E-state index contributed by atoms with van der Waals surface area (Å²) in [5, 5.41) is 6.73. The van der Waals surface area contributed by atoms with E-state index in [0.717, 1.165) is 41.0 Å². The number of ether oxygens (including phenoxy) is 1. The topological polar surface area (TPSA) is 93.0 Å². The van der Waals surface area contributed by atoms with E-state index in [1.54, 1.807) is 21.0 Å². The van der Waals surface area contributed by atoms with E-state index in [0.29, 0.717) is 23.1 Å². The van der Waals surface area contributed by atoms with E-state index in [-0.39, 0.29) is 12.3 Å². The summed E-state index contributed by atoms with van der Waals surface area (Å²) in [7, 11) is 1.64. The zero-order valence-corrected chi connectivity index (χ0v) is 14.5. The number of aromatic nitrogens is 3. The van der Waals surface area contributed by atoms with Crippen LogP contribution in [0.25, 0.3) is 11.0 Å². The van der Waals surface area contributed by atoms with Crippen LogP contribution in [0.3, 0.4) is 0 Å². The molecular weight excluding hydrogens is 320 g/mol. The van der Waals surface area contributed by atoms with Crippen LogP contribution in [0.1, 0.15) is 41.6 Å². The second kappa shape index (κ2) is 5.91. The fraction of sp³-hybridized carbons (Fsp3) is 0.389. The van der Waals surface area contributed by atoms with Crippen LogP contribution in [0.2, 0.25) is 0 Å². The maximum Gasteiger partial charge on any atom is 0.229 e. The molecule has 0 bridgehead atoms. The summed E-state index contributed by atoms with van der Waals surface area (Å²) in [5.41, 5.74) is 3.82. The monoisotopic (exact) mass is 340 g/mol. The molecule has 0 aliphatic heterocycles. The lowest BCUT2D eigenvalue weighted by molar-refractivity contribution is -0.115. The van der Waals surface area contributed by atoms with Crippen LogP contribution in [0, 0.1) is 13.8 Å². The Kier molecular flexibility index (Phi) is 3.71. The number of rotatable bonds is 5. The van der Waals surface area contributed by atoms with Crippen molar-refractivity contribution >= 4 is 22.6 Å². The van der Waals surface area contributed by atoms with Crippen LogP contribution in [-0.2, 0) is 11.2 Å². The van der Waals surface area contributed by atoms with Gasteiger partial charge in [0.1, 0.15) is 28.5 Å². The molecule has 4 rings (SSSR count). The Morgan fingerprint density at radius 3 is 2.84 bits per heavy atom. The smallest absolute Gasteiger partial charge is 0.229 e. The van der Waals surface area contributed by atoms with Crippen molar-refractivity contribution < 1.29 is 14.1 Å². The van der Waals surface area contributed by atoms with Gasteiger partial charge in [0, 0.05) is 5.92 Å². The molecule has 1 aliphatic carbocycles. The molecule has 3 aromatic rings. The molecule has 0 saturated heterocycles. The molecule has 0 atom stereocenters. The minimum Gasteiger partial charge on any atom is -0.494 e. The third-order valence-electron chi connectivity index (χ3n) is 4.54. The summed E-state index contributed by atoms with van der Waals surface area (Å²) in [4.78, 5) is 20.6. The van der Waals surface area contributed by atoms with E-state index >= 15 is 0 Å². The van der Waals surface area contributed by atoms with Gasteiger partial charge >= 0.3 is 0 Å². The Balaban J connectivity index is 1.63. The number of carbonyl (C=O) groups is 1. The SMILES string of the molecule is COc1ccc(CC(=O)Nc2c(C)noc2C)c2nc(C3CC3)[nH]c12. The molecule has 0 spiro atoms. The van der Waals surface area contributed by atoms with Gasteiger partial charge in [0.25, 0.3) is 0 Å². The highest BCUT2D eigenvalue weighted by molar-refractivity contribution is 5.96. The van der Waals surface area contributed by atoms with Gasteiger partial charge in [-0.3, -0.25) is 4.79 Å². The molecule has 1 aliphatic rings. The summed E-state index contributed by atoms with van der Waals surface area (Å²) in [5.74, 6) is 2.69. The Morgan fingerprint density at radius 2 is 2.20 bits per heavy atom. The van der Waals surface area contributed by atoms with E-state index in [1.807, 2.05) is 12.1 Å². The number of anilines is 1. The standard InChI is InChI=1S/C18H20N4O3/c1-9-15(10(2)25-22-9)19-14(23)8-12-6-7-13(24-3)17-16(12)20-18(21-17)11-4-5-11/h6-7,11H,4-5,8H2,1-3H3,(H,19,23)(H,20,21). The van der Waals surface area contributed by atoms with E-state index in [4.69, 9.17) is 14.2 Å². The maximum atomic E-state index is 12.5. The molecule has 0 unspecified atom stereocenters. The van der Waals surface area contributed by atoms with Crippen molar-refractivity contribution in [3.8, 4) is 5.75 Å². The zero-order chi connectivity index (χ0) is 17.6. The maximum absolute atomic E-state index is 12.5. The number of nitrogens with zero attached hydrogens (tertiary/aromatic N) is 2. The van der Waals surface area contributed by atoms with E-state index in [1.165, 1.54) is 0 Å². The van der Waals surface area contributed by atoms with Crippen LogP contribution in [-0.4, -0.2) is 28.1 Å². The predicted octanol–water partition coefficient (Wildman–Crippen LogP) is 3.23.